The van der Waals surface area contributed by atoms with E-state index in [4.69, 9.17) is 11.6 Å². The fraction of sp³-hybridized carbons (Fsp3) is 0.625. The van der Waals surface area contributed by atoms with Gasteiger partial charge in [-0.3, -0.25) is 4.90 Å². The van der Waals surface area contributed by atoms with Crippen LogP contribution in [-0.2, 0) is 6.18 Å². The van der Waals surface area contributed by atoms with Gasteiger partial charge in [-0.15, -0.1) is 24.8 Å². The second-order valence-corrected chi connectivity index (χ2v) is 6.26. The zero-order chi connectivity index (χ0) is 16.3. The molecule has 24 heavy (non-hydrogen) atoms. The van der Waals surface area contributed by atoms with Crippen molar-refractivity contribution in [1.29, 1.82) is 0 Å². The van der Waals surface area contributed by atoms with E-state index in [9.17, 15) is 13.2 Å². The quantitative estimate of drug-likeness (QED) is 0.738. The number of halogens is 6. The Labute approximate surface area is 158 Å². The minimum Gasteiger partial charge on any atom is -0.314 e. The molecule has 0 saturated carbocycles. The lowest BCUT2D eigenvalue weighted by atomic mass is 9.89. The lowest BCUT2D eigenvalue weighted by molar-refractivity contribution is -0.137. The topological polar surface area (TPSA) is 15.3 Å². The molecule has 0 aromatic heterocycles. The van der Waals surface area contributed by atoms with E-state index in [1.807, 2.05) is 0 Å². The van der Waals surface area contributed by atoms with Crippen molar-refractivity contribution in [3.8, 4) is 0 Å². The third kappa shape index (κ3) is 5.67. The highest BCUT2D eigenvalue weighted by Crippen LogP contribution is 2.39. The van der Waals surface area contributed by atoms with Crippen LogP contribution in [0.15, 0.2) is 18.2 Å². The normalized spacial score (nSPS) is 18.2. The second-order valence-electron chi connectivity index (χ2n) is 5.85. The fourth-order valence-corrected chi connectivity index (χ4v) is 3.25. The van der Waals surface area contributed by atoms with E-state index in [0.29, 0.717) is 5.56 Å². The van der Waals surface area contributed by atoms with Gasteiger partial charge in [-0.2, -0.15) is 13.2 Å². The van der Waals surface area contributed by atoms with Crippen LogP contribution in [-0.4, -0.2) is 31.1 Å². The summed E-state index contributed by atoms with van der Waals surface area (Å²) >= 11 is 5.74. The molecule has 1 aromatic rings. The fourth-order valence-electron chi connectivity index (χ4n) is 3.03. The molecular formula is C16H24Cl3F3N2. The lowest BCUT2D eigenvalue weighted by Crippen LogP contribution is -2.46. The third-order valence-corrected chi connectivity index (χ3v) is 4.69. The van der Waals surface area contributed by atoms with Crippen molar-refractivity contribution >= 4 is 36.4 Å². The van der Waals surface area contributed by atoms with Crippen molar-refractivity contribution in [2.45, 2.75) is 32.5 Å². The van der Waals surface area contributed by atoms with Gasteiger partial charge in [0.05, 0.1) is 10.6 Å². The average molecular weight is 408 g/mol. The molecule has 2 nitrogen and oxygen atoms in total. The van der Waals surface area contributed by atoms with Gasteiger partial charge >= 0.3 is 6.18 Å². The summed E-state index contributed by atoms with van der Waals surface area (Å²) in [5.74, 6) is 0.278. The first kappa shape index (κ1) is 23.8. The molecule has 0 amide bonds. The lowest BCUT2D eigenvalue weighted by Gasteiger charge is -2.38. The van der Waals surface area contributed by atoms with Gasteiger partial charge in [0, 0.05) is 32.2 Å². The average Bonchev–Trinajstić information content (AvgIpc) is 2.49. The van der Waals surface area contributed by atoms with Gasteiger partial charge < -0.3 is 5.32 Å². The number of alkyl halides is 3. The predicted octanol–water partition coefficient (Wildman–Crippen LogP) is 5.19. The molecule has 1 aliphatic heterocycles. The van der Waals surface area contributed by atoms with Gasteiger partial charge in [-0.05, 0) is 23.6 Å². The molecule has 1 aliphatic rings. The molecule has 1 aromatic carbocycles. The predicted molar refractivity (Wildman–Crippen MR) is 97.6 cm³/mol. The van der Waals surface area contributed by atoms with Gasteiger partial charge in [-0.25, -0.2) is 0 Å². The van der Waals surface area contributed by atoms with Crippen LogP contribution >= 0.6 is 36.4 Å². The van der Waals surface area contributed by atoms with Gasteiger partial charge in [0.15, 0.2) is 0 Å². The van der Waals surface area contributed by atoms with Crippen LogP contribution in [0.2, 0.25) is 5.02 Å². The molecule has 0 bridgehead atoms. The summed E-state index contributed by atoms with van der Waals surface area (Å²) in [7, 11) is 0. The largest absolute Gasteiger partial charge is 0.417 e. The van der Waals surface area contributed by atoms with Crippen molar-refractivity contribution < 1.29 is 13.2 Å². The first-order valence-corrected chi connectivity index (χ1v) is 8.03. The van der Waals surface area contributed by atoms with E-state index in [1.165, 1.54) is 12.1 Å². The van der Waals surface area contributed by atoms with Gasteiger partial charge in [0.1, 0.15) is 0 Å². The molecule has 0 radical (unpaired) electrons. The van der Waals surface area contributed by atoms with Crippen LogP contribution in [0.5, 0.6) is 0 Å². The summed E-state index contributed by atoms with van der Waals surface area (Å²) in [6.07, 6.45) is -3.50. The molecule has 2 rings (SSSR count). The second kappa shape index (κ2) is 10.1. The number of piperazine rings is 1. The summed E-state index contributed by atoms with van der Waals surface area (Å²) in [5.41, 5.74) is -0.0388. The number of benzene rings is 1. The van der Waals surface area contributed by atoms with Crippen LogP contribution in [0.3, 0.4) is 0 Å². The van der Waals surface area contributed by atoms with Crippen molar-refractivity contribution in [3.05, 3.63) is 34.3 Å². The maximum absolute atomic E-state index is 13.1. The molecule has 1 unspecified atom stereocenters. The number of nitrogens with one attached hydrogen (secondary N) is 1. The Hall–Kier alpha value is -0.200. The van der Waals surface area contributed by atoms with Crippen LogP contribution in [0.4, 0.5) is 13.2 Å². The highest BCUT2D eigenvalue weighted by atomic mass is 35.5. The zero-order valence-electron chi connectivity index (χ0n) is 13.7. The molecule has 0 spiro atoms. The van der Waals surface area contributed by atoms with Crippen LogP contribution in [0.1, 0.15) is 37.4 Å². The molecule has 1 N–H and O–H groups in total. The van der Waals surface area contributed by atoms with E-state index in [0.717, 1.165) is 32.6 Å². The summed E-state index contributed by atoms with van der Waals surface area (Å²) in [6.45, 7) is 7.59. The first-order valence-electron chi connectivity index (χ1n) is 7.66. The summed E-state index contributed by atoms with van der Waals surface area (Å²) in [6, 6.07) is 4.32. The molecule has 1 fully saturated rings. The molecule has 140 valence electrons. The van der Waals surface area contributed by atoms with Crippen molar-refractivity contribution in [1.82, 2.24) is 10.2 Å². The van der Waals surface area contributed by atoms with Crippen LogP contribution in [0.25, 0.3) is 0 Å². The van der Waals surface area contributed by atoms with Crippen molar-refractivity contribution in [3.63, 3.8) is 0 Å². The summed E-state index contributed by atoms with van der Waals surface area (Å²) < 4.78 is 39.3. The minimum atomic E-state index is -4.42. The summed E-state index contributed by atoms with van der Waals surface area (Å²) in [4.78, 5) is 2.27. The van der Waals surface area contributed by atoms with Crippen LogP contribution in [0, 0.1) is 5.92 Å². The smallest absolute Gasteiger partial charge is 0.314 e. The Kier molecular flexibility index (Phi) is 9.99. The highest BCUT2D eigenvalue weighted by molar-refractivity contribution is 6.31. The molecule has 1 saturated heterocycles. The van der Waals surface area contributed by atoms with Gasteiger partial charge in [0.2, 0.25) is 0 Å². The number of nitrogens with zero attached hydrogens (tertiary/aromatic N) is 1. The molecule has 2 atom stereocenters. The number of rotatable bonds is 4. The first-order chi connectivity index (χ1) is 10.3. The Morgan fingerprint density at radius 1 is 1.21 bits per heavy atom. The zero-order valence-corrected chi connectivity index (χ0v) is 16.1. The van der Waals surface area contributed by atoms with E-state index in [-0.39, 0.29) is 41.8 Å². The van der Waals surface area contributed by atoms with Crippen molar-refractivity contribution in [2.75, 3.05) is 26.2 Å². The molecule has 0 aliphatic carbocycles. The molecule has 8 heteroatoms. The Morgan fingerprint density at radius 3 is 2.29 bits per heavy atom. The Balaban J connectivity index is 0.00000264. The Bertz CT molecular complexity index is 506. The number of hydrogen-bond acceptors (Lipinski definition) is 2. The van der Waals surface area contributed by atoms with Gasteiger partial charge in [0.25, 0.3) is 0 Å². The summed E-state index contributed by atoms with van der Waals surface area (Å²) in [5, 5.41) is 3.04. The van der Waals surface area contributed by atoms with Gasteiger partial charge in [-0.1, -0.05) is 37.9 Å². The maximum atomic E-state index is 13.1. The minimum absolute atomic E-state index is 0. The van der Waals surface area contributed by atoms with E-state index in [2.05, 4.69) is 24.1 Å². The standard InChI is InChI=1S/C16H22ClF3N2.2ClH/c1-3-11(2)15(22-8-6-21-7-9-22)12-4-5-14(17)13(10-12)16(18,19)20;;/h4-5,10-11,15,21H,3,6-9H2,1-2H3;2*1H/t11?,15-;;/m1../s1. The van der Waals surface area contributed by atoms with E-state index < -0.39 is 11.7 Å². The SMILES string of the molecule is CCC(C)[C@H](c1ccc(Cl)c(C(F)(F)F)c1)N1CCNCC1.Cl.Cl. The molecule has 1 heterocycles. The van der Waals surface area contributed by atoms with Crippen molar-refractivity contribution in [2.24, 2.45) is 5.92 Å². The van der Waals surface area contributed by atoms with E-state index >= 15 is 0 Å². The molecular weight excluding hydrogens is 384 g/mol. The maximum Gasteiger partial charge on any atom is 0.417 e. The number of hydrogen-bond donors (Lipinski definition) is 1. The van der Waals surface area contributed by atoms with E-state index in [1.54, 1.807) is 6.07 Å². The third-order valence-electron chi connectivity index (χ3n) is 4.37. The highest BCUT2D eigenvalue weighted by Gasteiger charge is 2.35. The monoisotopic (exact) mass is 406 g/mol. The Morgan fingerprint density at radius 2 is 1.79 bits per heavy atom. The van der Waals surface area contributed by atoms with Crippen LogP contribution < -0.4 is 5.32 Å².